The van der Waals surface area contributed by atoms with Gasteiger partial charge in [-0.15, -0.1) is 11.3 Å². The van der Waals surface area contributed by atoms with Crippen molar-refractivity contribution in [3.63, 3.8) is 0 Å². The smallest absolute Gasteiger partial charge is 0.365 e. The first kappa shape index (κ1) is 11.2. The monoisotopic (exact) mass is 252 g/mol. The van der Waals surface area contributed by atoms with Crippen LogP contribution < -0.4 is 5.32 Å². The van der Waals surface area contributed by atoms with Crippen LogP contribution >= 0.6 is 11.3 Å². The Labute approximate surface area is 104 Å². The number of nitrogens with one attached hydrogen (secondary N) is 1. The Kier molecular flexibility index (Phi) is 2.88. The molecule has 0 aromatic carbocycles. The largest absolute Gasteiger partial charge is 0.476 e. The fourth-order valence-electron chi connectivity index (χ4n) is 2.34. The molecule has 0 saturated heterocycles. The molecule has 1 aromatic rings. The number of carboxylic acid groups (broad SMARTS) is 1. The lowest BCUT2D eigenvalue weighted by molar-refractivity contribution is 0.0696. The fourth-order valence-corrected chi connectivity index (χ4v) is 2.99. The molecule has 5 heteroatoms. The molecular formula is C12H16N2O2S. The van der Waals surface area contributed by atoms with E-state index in [1.165, 1.54) is 37.0 Å². The first-order chi connectivity index (χ1) is 8.24. The molecule has 2 N–H and O–H groups in total. The molecule has 3 rings (SSSR count). The lowest BCUT2D eigenvalue weighted by Gasteiger charge is -2.16. The summed E-state index contributed by atoms with van der Waals surface area (Å²) in [7, 11) is 0. The van der Waals surface area contributed by atoms with Gasteiger partial charge in [0.25, 0.3) is 0 Å². The van der Waals surface area contributed by atoms with Crippen molar-refractivity contribution in [3.8, 4) is 0 Å². The van der Waals surface area contributed by atoms with Gasteiger partial charge in [-0.05, 0) is 37.5 Å². The number of aromatic nitrogens is 1. The zero-order chi connectivity index (χ0) is 11.8. The summed E-state index contributed by atoms with van der Waals surface area (Å²) in [5, 5.41) is 14.4. The summed E-state index contributed by atoms with van der Waals surface area (Å²) < 4.78 is 0. The van der Waals surface area contributed by atoms with E-state index in [0.29, 0.717) is 12.6 Å². The quantitative estimate of drug-likeness (QED) is 0.814. The minimum atomic E-state index is -0.929. The third kappa shape index (κ3) is 2.66. The number of thiazole rings is 1. The molecule has 1 heterocycles. The molecule has 2 aliphatic rings. The van der Waals surface area contributed by atoms with Gasteiger partial charge in [0.05, 0.1) is 5.69 Å². The van der Waals surface area contributed by atoms with E-state index in [1.54, 1.807) is 0 Å². The van der Waals surface area contributed by atoms with Gasteiger partial charge >= 0.3 is 5.97 Å². The predicted octanol–water partition coefficient (Wildman–Crippen LogP) is 2.12. The van der Waals surface area contributed by atoms with Gasteiger partial charge in [-0.3, -0.25) is 0 Å². The molecule has 0 radical (unpaired) electrons. The highest BCUT2D eigenvalue weighted by Gasteiger charge is 2.40. The molecule has 4 nitrogen and oxygen atoms in total. The van der Waals surface area contributed by atoms with Gasteiger partial charge < -0.3 is 10.4 Å². The van der Waals surface area contributed by atoms with Crippen LogP contribution in [-0.4, -0.2) is 22.1 Å². The topological polar surface area (TPSA) is 62.2 Å². The molecule has 2 saturated carbocycles. The maximum Gasteiger partial charge on any atom is 0.365 e. The highest BCUT2D eigenvalue weighted by Crippen LogP contribution is 2.44. The Balaban J connectivity index is 1.56. The molecule has 0 spiro atoms. The van der Waals surface area contributed by atoms with Crippen molar-refractivity contribution in [2.75, 3.05) is 0 Å². The standard InChI is InChI=1S/C12H16N2O2S/c15-12(16)11-14-9(6-17-11)5-13-10(7-1-2-7)8-3-4-8/h6-8,10,13H,1-5H2,(H,15,16). The molecular weight excluding hydrogens is 236 g/mol. The number of carbonyl (C=O) groups is 1. The average molecular weight is 252 g/mol. The highest BCUT2D eigenvalue weighted by atomic mass is 32.1. The van der Waals surface area contributed by atoms with Crippen molar-refractivity contribution < 1.29 is 9.90 Å². The number of hydrogen-bond donors (Lipinski definition) is 2. The molecule has 0 atom stereocenters. The van der Waals surface area contributed by atoms with Crippen molar-refractivity contribution in [3.05, 3.63) is 16.1 Å². The van der Waals surface area contributed by atoms with E-state index in [0.717, 1.165) is 17.5 Å². The normalized spacial score (nSPS) is 19.8. The highest BCUT2D eigenvalue weighted by molar-refractivity contribution is 7.11. The minimum absolute atomic E-state index is 0.191. The van der Waals surface area contributed by atoms with Gasteiger partial charge in [-0.1, -0.05) is 0 Å². The van der Waals surface area contributed by atoms with Crippen molar-refractivity contribution in [2.45, 2.75) is 38.3 Å². The summed E-state index contributed by atoms with van der Waals surface area (Å²) in [5.74, 6) is 0.794. The van der Waals surface area contributed by atoms with Crippen molar-refractivity contribution in [1.29, 1.82) is 0 Å². The molecule has 92 valence electrons. The molecule has 0 unspecified atom stereocenters. The van der Waals surface area contributed by atoms with E-state index < -0.39 is 5.97 Å². The summed E-state index contributed by atoms with van der Waals surface area (Å²) in [6.07, 6.45) is 5.41. The van der Waals surface area contributed by atoms with Gasteiger partial charge in [-0.2, -0.15) is 0 Å². The first-order valence-corrected chi connectivity index (χ1v) is 7.03. The maximum atomic E-state index is 10.7. The second-order valence-electron chi connectivity index (χ2n) is 5.03. The van der Waals surface area contributed by atoms with Gasteiger partial charge in [0.15, 0.2) is 0 Å². The number of hydrogen-bond acceptors (Lipinski definition) is 4. The van der Waals surface area contributed by atoms with E-state index >= 15 is 0 Å². The van der Waals surface area contributed by atoms with Gasteiger partial charge in [-0.25, -0.2) is 9.78 Å². The molecule has 1 aromatic heterocycles. The zero-order valence-electron chi connectivity index (χ0n) is 9.56. The zero-order valence-corrected chi connectivity index (χ0v) is 10.4. The van der Waals surface area contributed by atoms with E-state index in [9.17, 15) is 4.79 Å². The number of aromatic carboxylic acids is 1. The Morgan fingerprint density at radius 1 is 1.47 bits per heavy atom. The maximum absolute atomic E-state index is 10.7. The molecule has 0 amide bonds. The summed E-state index contributed by atoms with van der Waals surface area (Å²) >= 11 is 1.21. The van der Waals surface area contributed by atoms with E-state index in [1.807, 2.05) is 5.38 Å². The predicted molar refractivity (Wildman–Crippen MR) is 65.1 cm³/mol. The molecule has 0 bridgehead atoms. The van der Waals surface area contributed by atoms with Crippen LogP contribution in [-0.2, 0) is 6.54 Å². The van der Waals surface area contributed by atoms with E-state index in [4.69, 9.17) is 5.11 Å². The van der Waals surface area contributed by atoms with Crippen molar-refractivity contribution >= 4 is 17.3 Å². The number of carboxylic acids is 1. The number of nitrogens with zero attached hydrogens (tertiary/aromatic N) is 1. The second kappa shape index (κ2) is 4.38. The Bertz CT molecular complexity index is 412. The molecule has 17 heavy (non-hydrogen) atoms. The van der Waals surface area contributed by atoms with Crippen LogP contribution in [0.15, 0.2) is 5.38 Å². The summed E-state index contributed by atoms with van der Waals surface area (Å²) in [6, 6.07) is 0.643. The van der Waals surface area contributed by atoms with Gasteiger partial charge in [0.2, 0.25) is 5.01 Å². The molecule has 2 aliphatic carbocycles. The van der Waals surface area contributed by atoms with Gasteiger partial charge in [0, 0.05) is 18.0 Å². The van der Waals surface area contributed by atoms with Crippen LogP contribution in [0.2, 0.25) is 0 Å². The van der Waals surface area contributed by atoms with E-state index in [-0.39, 0.29) is 5.01 Å². The van der Waals surface area contributed by atoms with Crippen LogP contribution in [0.4, 0.5) is 0 Å². The van der Waals surface area contributed by atoms with Crippen LogP contribution in [0, 0.1) is 11.8 Å². The summed E-state index contributed by atoms with van der Waals surface area (Å²) in [5.41, 5.74) is 0.860. The lowest BCUT2D eigenvalue weighted by atomic mass is 10.1. The van der Waals surface area contributed by atoms with Gasteiger partial charge in [0.1, 0.15) is 0 Å². The van der Waals surface area contributed by atoms with Crippen molar-refractivity contribution in [1.82, 2.24) is 10.3 Å². The fraction of sp³-hybridized carbons (Fsp3) is 0.667. The molecule has 0 aliphatic heterocycles. The SMILES string of the molecule is O=C(O)c1nc(CNC(C2CC2)C2CC2)cs1. The van der Waals surface area contributed by atoms with Crippen LogP contribution in [0.3, 0.4) is 0 Å². The minimum Gasteiger partial charge on any atom is -0.476 e. The van der Waals surface area contributed by atoms with E-state index in [2.05, 4.69) is 10.3 Å². The second-order valence-corrected chi connectivity index (χ2v) is 5.89. The Morgan fingerprint density at radius 2 is 2.12 bits per heavy atom. The third-order valence-corrected chi connectivity index (χ3v) is 4.39. The first-order valence-electron chi connectivity index (χ1n) is 6.15. The average Bonchev–Trinajstić information content (AvgIpc) is 3.20. The van der Waals surface area contributed by atoms with Crippen molar-refractivity contribution in [2.24, 2.45) is 11.8 Å². The van der Waals surface area contributed by atoms with Crippen LogP contribution in [0.25, 0.3) is 0 Å². The molecule has 2 fully saturated rings. The van der Waals surface area contributed by atoms with Crippen LogP contribution in [0.1, 0.15) is 41.2 Å². The Hall–Kier alpha value is -0.940. The third-order valence-electron chi connectivity index (χ3n) is 3.51. The summed E-state index contributed by atoms with van der Waals surface area (Å²) in [6.45, 7) is 0.710. The van der Waals surface area contributed by atoms with Crippen LogP contribution in [0.5, 0.6) is 0 Å². The Morgan fingerprint density at radius 3 is 2.59 bits per heavy atom. The number of rotatable bonds is 6. The summed E-state index contributed by atoms with van der Waals surface area (Å²) in [4.78, 5) is 14.8. The lowest BCUT2D eigenvalue weighted by Crippen LogP contribution is -2.32.